The Morgan fingerprint density at radius 1 is 1.47 bits per heavy atom. The van der Waals surface area contributed by atoms with Gasteiger partial charge in [0.05, 0.1) is 22.0 Å². The van der Waals surface area contributed by atoms with E-state index in [9.17, 15) is 4.79 Å². The fourth-order valence-corrected chi connectivity index (χ4v) is 2.85. The van der Waals surface area contributed by atoms with Gasteiger partial charge in [-0.25, -0.2) is 0 Å². The molecule has 0 bridgehead atoms. The first-order valence-corrected chi connectivity index (χ1v) is 6.69. The molecule has 17 heavy (non-hydrogen) atoms. The molecule has 6 heteroatoms. The van der Waals surface area contributed by atoms with Crippen LogP contribution in [0.3, 0.4) is 0 Å². The second-order valence-corrected chi connectivity index (χ2v) is 5.59. The Morgan fingerprint density at radius 2 is 2.06 bits per heavy atom. The van der Waals surface area contributed by atoms with Gasteiger partial charge in [-0.3, -0.25) is 9.48 Å². The number of carbonyl (C=O) groups excluding carboxylic acids is 1. The molecule has 2 rings (SSSR count). The van der Waals surface area contributed by atoms with Crippen molar-refractivity contribution in [1.82, 2.24) is 14.7 Å². The molecule has 2 atom stereocenters. The van der Waals surface area contributed by atoms with E-state index < -0.39 is 0 Å². The number of amides is 1. The lowest BCUT2D eigenvalue weighted by Crippen LogP contribution is -2.48. The maximum atomic E-state index is 12.4. The van der Waals surface area contributed by atoms with Crippen LogP contribution in [-0.2, 0) is 11.8 Å². The first kappa shape index (κ1) is 12.8. The zero-order valence-corrected chi connectivity index (χ0v) is 12.3. The minimum absolute atomic E-state index is 0.0383. The third-order valence-electron chi connectivity index (χ3n) is 2.80. The molecule has 2 heterocycles. The number of rotatable bonds is 1. The molecule has 1 aromatic heterocycles. The van der Waals surface area contributed by atoms with E-state index in [0.29, 0.717) is 18.8 Å². The number of hydrogen-bond donors (Lipinski definition) is 0. The molecular weight excluding hydrogens is 333 g/mol. The van der Waals surface area contributed by atoms with Gasteiger partial charge in [0.15, 0.2) is 0 Å². The van der Waals surface area contributed by atoms with Crippen molar-refractivity contribution in [3.8, 4) is 0 Å². The lowest BCUT2D eigenvalue weighted by molar-refractivity contribution is -0.0588. The molecule has 0 N–H and O–H groups in total. The summed E-state index contributed by atoms with van der Waals surface area (Å²) in [6.07, 6.45) is 1.89. The molecule has 0 aliphatic carbocycles. The van der Waals surface area contributed by atoms with Crippen LogP contribution in [0.25, 0.3) is 0 Å². The lowest BCUT2D eigenvalue weighted by atomic mass is 10.2. The van der Waals surface area contributed by atoms with Gasteiger partial charge in [-0.2, -0.15) is 5.10 Å². The van der Waals surface area contributed by atoms with Gasteiger partial charge in [0.25, 0.3) is 5.91 Å². The van der Waals surface area contributed by atoms with E-state index in [1.807, 2.05) is 18.7 Å². The molecule has 1 amide bonds. The first-order valence-electron chi connectivity index (χ1n) is 5.61. The summed E-state index contributed by atoms with van der Waals surface area (Å²) in [5.41, 5.74) is 0.659. The number of aryl methyl sites for hydroxylation is 1. The van der Waals surface area contributed by atoms with Crippen molar-refractivity contribution >= 4 is 28.5 Å². The van der Waals surface area contributed by atoms with Gasteiger partial charge in [0, 0.05) is 20.1 Å². The summed E-state index contributed by atoms with van der Waals surface area (Å²) in [6, 6.07) is 0. The Morgan fingerprint density at radius 3 is 2.53 bits per heavy atom. The summed E-state index contributed by atoms with van der Waals surface area (Å²) in [4.78, 5) is 14.2. The highest BCUT2D eigenvalue weighted by Crippen LogP contribution is 2.17. The third kappa shape index (κ3) is 2.62. The van der Waals surface area contributed by atoms with Crippen molar-refractivity contribution in [3.63, 3.8) is 0 Å². The van der Waals surface area contributed by atoms with E-state index in [-0.39, 0.29) is 18.1 Å². The van der Waals surface area contributed by atoms with Gasteiger partial charge in [-0.15, -0.1) is 0 Å². The fraction of sp³-hybridized carbons (Fsp3) is 0.636. The van der Waals surface area contributed by atoms with Crippen LogP contribution in [0, 0.1) is 3.57 Å². The molecule has 0 aromatic carbocycles. The quantitative estimate of drug-likeness (QED) is 0.718. The average molecular weight is 349 g/mol. The van der Waals surface area contributed by atoms with Gasteiger partial charge in [-0.05, 0) is 36.4 Å². The highest BCUT2D eigenvalue weighted by Gasteiger charge is 2.29. The Hall–Kier alpha value is -0.630. The van der Waals surface area contributed by atoms with Crippen LogP contribution in [0.15, 0.2) is 6.20 Å². The topological polar surface area (TPSA) is 47.4 Å². The lowest BCUT2D eigenvalue weighted by Gasteiger charge is -2.35. The molecule has 0 saturated carbocycles. The minimum atomic E-state index is 0.0383. The van der Waals surface area contributed by atoms with Crippen molar-refractivity contribution < 1.29 is 9.53 Å². The van der Waals surface area contributed by atoms with E-state index in [1.165, 1.54) is 0 Å². The zero-order valence-electron chi connectivity index (χ0n) is 10.2. The molecule has 1 aliphatic heterocycles. The number of morpholine rings is 1. The van der Waals surface area contributed by atoms with Crippen LogP contribution in [0.4, 0.5) is 0 Å². The molecule has 0 spiro atoms. The number of hydrogen-bond acceptors (Lipinski definition) is 3. The van der Waals surface area contributed by atoms with E-state index in [0.717, 1.165) is 3.57 Å². The Labute approximate surface area is 114 Å². The van der Waals surface area contributed by atoms with Gasteiger partial charge in [0.1, 0.15) is 5.69 Å². The van der Waals surface area contributed by atoms with E-state index in [4.69, 9.17) is 4.74 Å². The van der Waals surface area contributed by atoms with Crippen molar-refractivity contribution in [3.05, 3.63) is 15.5 Å². The number of carbonyl (C=O) groups is 1. The number of aromatic nitrogens is 2. The Balaban J connectivity index is 2.20. The fourth-order valence-electron chi connectivity index (χ4n) is 2.14. The van der Waals surface area contributed by atoms with Gasteiger partial charge in [0.2, 0.25) is 0 Å². The van der Waals surface area contributed by atoms with Crippen LogP contribution in [0.1, 0.15) is 24.3 Å². The maximum absolute atomic E-state index is 12.4. The second kappa shape index (κ2) is 4.93. The smallest absolute Gasteiger partial charge is 0.273 e. The van der Waals surface area contributed by atoms with Gasteiger partial charge < -0.3 is 9.64 Å². The van der Waals surface area contributed by atoms with Crippen molar-refractivity contribution in [2.24, 2.45) is 7.05 Å². The normalized spacial score (nSPS) is 25.1. The van der Waals surface area contributed by atoms with E-state index in [2.05, 4.69) is 27.7 Å². The highest BCUT2D eigenvalue weighted by molar-refractivity contribution is 14.1. The molecular formula is C11H16IN3O2. The number of halogens is 1. The molecule has 1 aliphatic rings. The number of nitrogens with zero attached hydrogens (tertiary/aromatic N) is 3. The monoisotopic (exact) mass is 349 g/mol. The summed E-state index contributed by atoms with van der Waals surface area (Å²) in [7, 11) is 1.79. The molecule has 0 unspecified atom stereocenters. The van der Waals surface area contributed by atoms with Crippen molar-refractivity contribution in [1.29, 1.82) is 0 Å². The van der Waals surface area contributed by atoms with Crippen LogP contribution in [0.5, 0.6) is 0 Å². The largest absolute Gasteiger partial charge is 0.372 e. The first-order chi connectivity index (χ1) is 7.99. The Kier molecular flexibility index (Phi) is 3.72. The molecule has 0 radical (unpaired) electrons. The standard InChI is InChI=1S/C11H16IN3O2/c1-7-5-15(6-8(2)17-7)11(16)10-9(12)4-13-14(10)3/h4,7-8H,5-6H2,1-3H3/t7-,8-/m1/s1. The summed E-state index contributed by atoms with van der Waals surface area (Å²) in [5.74, 6) is 0.0383. The van der Waals surface area contributed by atoms with Crippen molar-refractivity contribution in [2.45, 2.75) is 26.1 Å². The van der Waals surface area contributed by atoms with Crippen LogP contribution in [0.2, 0.25) is 0 Å². The summed E-state index contributed by atoms with van der Waals surface area (Å²) < 4.78 is 8.15. The molecule has 1 fully saturated rings. The van der Waals surface area contributed by atoms with Crippen molar-refractivity contribution in [2.75, 3.05) is 13.1 Å². The second-order valence-electron chi connectivity index (χ2n) is 4.43. The SMILES string of the molecule is C[C@@H]1CN(C(=O)c2c(I)cnn2C)C[C@@H](C)O1. The summed E-state index contributed by atoms with van der Waals surface area (Å²) in [5, 5.41) is 4.10. The summed E-state index contributed by atoms with van der Waals surface area (Å²) >= 11 is 2.14. The van der Waals surface area contributed by atoms with E-state index in [1.54, 1.807) is 17.9 Å². The van der Waals surface area contributed by atoms with Crippen LogP contribution >= 0.6 is 22.6 Å². The average Bonchev–Trinajstić information content (AvgIpc) is 2.56. The predicted octanol–water partition coefficient (Wildman–Crippen LogP) is 1.27. The molecule has 5 nitrogen and oxygen atoms in total. The third-order valence-corrected chi connectivity index (χ3v) is 3.59. The zero-order chi connectivity index (χ0) is 12.6. The highest BCUT2D eigenvalue weighted by atomic mass is 127. The van der Waals surface area contributed by atoms with Crippen LogP contribution in [-0.4, -0.2) is 45.9 Å². The van der Waals surface area contributed by atoms with Gasteiger partial charge in [-0.1, -0.05) is 0 Å². The summed E-state index contributed by atoms with van der Waals surface area (Å²) in [6.45, 7) is 5.27. The van der Waals surface area contributed by atoms with Gasteiger partial charge >= 0.3 is 0 Å². The van der Waals surface area contributed by atoms with E-state index >= 15 is 0 Å². The molecule has 94 valence electrons. The van der Waals surface area contributed by atoms with Crippen LogP contribution < -0.4 is 0 Å². The predicted molar refractivity (Wildman–Crippen MR) is 71.8 cm³/mol. The molecule has 1 saturated heterocycles. The number of ether oxygens (including phenoxy) is 1. The Bertz CT molecular complexity index is 403. The maximum Gasteiger partial charge on any atom is 0.273 e. The minimum Gasteiger partial charge on any atom is -0.372 e. The molecule has 1 aromatic rings.